The van der Waals surface area contributed by atoms with Crippen LogP contribution in [-0.2, 0) is 19.6 Å². The number of amides is 2. The summed E-state index contributed by atoms with van der Waals surface area (Å²) in [5.74, 6) is -0.407. The van der Waals surface area contributed by atoms with Crippen molar-refractivity contribution in [2.45, 2.75) is 25.3 Å². The smallest absolute Gasteiger partial charge is 0.249 e. The molecule has 11 heteroatoms. The topological polar surface area (TPSA) is 127 Å². The van der Waals surface area contributed by atoms with Gasteiger partial charge in [-0.2, -0.15) is 0 Å². The number of nitrogens with two attached hydrogens (primary N) is 1. The van der Waals surface area contributed by atoms with E-state index in [4.69, 9.17) is 5.73 Å². The monoisotopic (exact) mass is 475 g/mol. The number of thiazole rings is 1. The molecule has 0 spiro atoms. The van der Waals surface area contributed by atoms with Crippen LogP contribution in [0.1, 0.15) is 19.3 Å². The van der Waals surface area contributed by atoms with Gasteiger partial charge in [-0.05, 0) is 31.9 Å². The minimum atomic E-state index is -3.51. The van der Waals surface area contributed by atoms with Crippen LogP contribution >= 0.6 is 11.3 Å². The molecule has 1 atom stereocenters. The molecule has 3 rings (SSSR count). The lowest BCUT2D eigenvalue weighted by Crippen LogP contribution is -2.43. The lowest BCUT2D eigenvalue weighted by molar-refractivity contribution is -0.119. The number of carbonyl (C=O) groups excluding carboxylic acids is 2. The molecule has 2 heterocycles. The second kappa shape index (κ2) is 10.5. The molecule has 0 fully saturated rings. The first-order chi connectivity index (χ1) is 15.3. The van der Waals surface area contributed by atoms with E-state index < -0.39 is 22.0 Å². The molecular weight excluding hydrogens is 450 g/mol. The maximum atomic E-state index is 13.1. The second-order valence-corrected chi connectivity index (χ2v) is 9.91. The summed E-state index contributed by atoms with van der Waals surface area (Å²) in [7, 11) is -3.51. The Morgan fingerprint density at radius 3 is 2.66 bits per heavy atom. The SMILES string of the molecule is CS(=O)(=O)n1ccc(N(C=O)[C@@H](CCCCN)C(=O)Nc2nc(-c3ccccc3)cs2)c1. The van der Waals surface area contributed by atoms with Crippen LogP contribution in [0.5, 0.6) is 0 Å². The summed E-state index contributed by atoms with van der Waals surface area (Å²) in [6, 6.07) is 10.2. The molecule has 9 nitrogen and oxygen atoms in total. The Kier molecular flexibility index (Phi) is 7.78. The third-order valence-corrected chi connectivity index (χ3v) is 6.57. The standard InChI is InChI=1S/C21H25N5O4S2/c1-32(29,30)25-12-10-17(13-25)26(15-27)19(9-5-6-11-22)20(28)24-21-23-18(14-31-21)16-7-3-2-4-8-16/h2-4,7-8,10,12-15,19H,5-6,9,11,22H2,1H3,(H,23,24,28)/t19-/m0/s1. The Bertz CT molecular complexity index is 1160. The van der Waals surface area contributed by atoms with Crippen LogP contribution in [0, 0.1) is 0 Å². The van der Waals surface area contributed by atoms with E-state index in [9.17, 15) is 18.0 Å². The molecule has 0 aliphatic heterocycles. The van der Waals surface area contributed by atoms with Crippen molar-refractivity contribution in [2.24, 2.45) is 5.73 Å². The Labute approximate surface area is 190 Å². The van der Waals surface area contributed by atoms with Crippen molar-refractivity contribution in [3.8, 4) is 11.3 Å². The average molecular weight is 476 g/mol. The molecule has 2 aromatic heterocycles. The molecule has 3 aromatic rings. The third-order valence-electron chi connectivity index (χ3n) is 4.82. The van der Waals surface area contributed by atoms with Crippen molar-refractivity contribution < 1.29 is 18.0 Å². The number of nitrogens with one attached hydrogen (secondary N) is 1. The third kappa shape index (κ3) is 5.81. The Morgan fingerprint density at radius 2 is 2.03 bits per heavy atom. The van der Waals surface area contributed by atoms with Gasteiger partial charge in [-0.1, -0.05) is 30.3 Å². The van der Waals surface area contributed by atoms with E-state index >= 15 is 0 Å². The highest BCUT2D eigenvalue weighted by Gasteiger charge is 2.28. The van der Waals surface area contributed by atoms with E-state index in [-0.39, 0.29) is 0 Å². The van der Waals surface area contributed by atoms with Crippen LogP contribution < -0.4 is 16.0 Å². The van der Waals surface area contributed by atoms with E-state index in [0.717, 1.165) is 21.5 Å². The minimum Gasteiger partial charge on any atom is -0.330 e. The van der Waals surface area contributed by atoms with Crippen LogP contribution in [0.3, 0.4) is 0 Å². The van der Waals surface area contributed by atoms with Gasteiger partial charge in [0.1, 0.15) is 6.04 Å². The van der Waals surface area contributed by atoms with Crippen molar-refractivity contribution >= 4 is 44.5 Å². The van der Waals surface area contributed by atoms with E-state index in [2.05, 4.69) is 10.3 Å². The van der Waals surface area contributed by atoms with Gasteiger partial charge in [0.2, 0.25) is 22.3 Å². The molecule has 0 unspecified atom stereocenters. The first kappa shape index (κ1) is 23.6. The maximum absolute atomic E-state index is 13.1. The predicted octanol–water partition coefficient (Wildman–Crippen LogP) is 2.52. The number of aromatic nitrogens is 2. The normalized spacial score (nSPS) is 12.3. The van der Waals surface area contributed by atoms with E-state index in [1.165, 1.54) is 34.7 Å². The minimum absolute atomic E-state index is 0.308. The summed E-state index contributed by atoms with van der Waals surface area (Å²) in [5.41, 5.74) is 7.56. The fourth-order valence-corrected chi connectivity index (χ4v) is 4.48. The summed E-state index contributed by atoms with van der Waals surface area (Å²) < 4.78 is 24.6. The van der Waals surface area contributed by atoms with E-state index in [0.29, 0.717) is 43.0 Å². The van der Waals surface area contributed by atoms with Gasteiger partial charge < -0.3 is 16.0 Å². The molecule has 0 saturated heterocycles. The zero-order chi connectivity index (χ0) is 23.1. The first-order valence-corrected chi connectivity index (χ1v) is 12.7. The number of hydrogen-bond donors (Lipinski definition) is 2. The quantitative estimate of drug-likeness (QED) is 0.324. The van der Waals surface area contributed by atoms with Crippen molar-refractivity contribution in [2.75, 3.05) is 23.0 Å². The molecule has 0 saturated carbocycles. The number of rotatable bonds is 11. The molecule has 0 bridgehead atoms. The largest absolute Gasteiger partial charge is 0.330 e. The van der Waals surface area contributed by atoms with Crippen molar-refractivity contribution in [3.05, 3.63) is 54.2 Å². The number of anilines is 2. The highest BCUT2D eigenvalue weighted by molar-refractivity contribution is 7.89. The fourth-order valence-electron chi connectivity index (χ4n) is 3.18. The molecule has 0 aliphatic carbocycles. The van der Waals surface area contributed by atoms with Gasteiger partial charge in [0.05, 0.1) is 17.6 Å². The Morgan fingerprint density at radius 1 is 1.28 bits per heavy atom. The van der Waals surface area contributed by atoms with Crippen LogP contribution in [0.15, 0.2) is 54.2 Å². The summed E-state index contributed by atoms with van der Waals surface area (Å²) >= 11 is 1.29. The lowest BCUT2D eigenvalue weighted by atomic mass is 10.1. The summed E-state index contributed by atoms with van der Waals surface area (Å²) in [6.07, 6.45) is 5.91. The second-order valence-electron chi connectivity index (χ2n) is 7.17. The summed E-state index contributed by atoms with van der Waals surface area (Å²) in [5, 5.41) is 5.05. The molecule has 0 radical (unpaired) electrons. The Hall–Kier alpha value is -3.02. The predicted molar refractivity (Wildman–Crippen MR) is 126 cm³/mol. The Balaban J connectivity index is 1.82. The summed E-state index contributed by atoms with van der Waals surface area (Å²) in [4.78, 5) is 30.8. The number of benzene rings is 1. The number of carbonyl (C=O) groups is 2. The number of nitrogens with zero attached hydrogens (tertiary/aromatic N) is 3. The fraction of sp³-hybridized carbons (Fsp3) is 0.286. The number of hydrogen-bond acceptors (Lipinski definition) is 7. The number of unbranched alkanes of at least 4 members (excludes halogenated alkanes) is 1. The molecule has 1 aromatic carbocycles. The van der Waals surface area contributed by atoms with E-state index in [1.54, 1.807) is 0 Å². The van der Waals surface area contributed by atoms with Crippen LogP contribution in [-0.4, -0.2) is 48.5 Å². The molecule has 2 amide bonds. The van der Waals surface area contributed by atoms with Gasteiger partial charge in [-0.25, -0.2) is 13.4 Å². The highest BCUT2D eigenvalue weighted by atomic mass is 32.2. The van der Waals surface area contributed by atoms with Gasteiger partial charge in [0.15, 0.2) is 5.13 Å². The van der Waals surface area contributed by atoms with Crippen molar-refractivity contribution in [1.29, 1.82) is 0 Å². The van der Waals surface area contributed by atoms with Gasteiger partial charge in [0.25, 0.3) is 0 Å². The molecule has 0 aliphatic rings. The van der Waals surface area contributed by atoms with Crippen LogP contribution in [0.25, 0.3) is 11.3 Å². The van der Waals surface area contributed by atoms with Crippen molar-refractivity contribution in [1.82, 2.24) is 8.96 Å². The molecule has 170 valence electrons. The first-order valence-electron chi connectivity index (χ1n) is 9.97. The van der Waals surface area contributed by atoms with Crippen LogP contribution in [0.4, 0.5) is 10.8 Å². The zero-order valence-electron chi connectivity index (χ0n) is 17.5. The maximum Gasteiger partial charge on any atom is 0.249 e. The molecule has 32 heavy (non-hydrogen) atoms. The van der Waals surface area contributed by atoms with Gasteiger partial charge in [0, 0.05) is 23.3 Å². The van der Waals surface area contributed by atoms with Gasteiger partial charge in [-0.3, -0.25) is 13.6 Å². The average Bonchev–Trinajstić information content (AvgIpc) is 3.44. The lowest BCUT2D eigenvalue weighted by Gasteiger charge is -2.26. The molecular formula is C21H25N5O4S2. The highest BCUT2D eigenvalue weighted by Crippen LogP contribution is 2.26. The van der Waals surface area contributed by atoms with Crippen molar-refractivity contribution in [3.63, 3.8) is 0 Å². The van der Waals surface area contributed by atoms with Crippen LogP contribution in [0.2, 0.25) is 0 Å². The van der Waals surface area contributed by atoms with Gasteiger partial charge >= 0.3 is 0 Å². The molecule has 3 N–H and O–H groups in total. The zero-order valence-corrected chi connectivity index (χ0v) is 19.2. The van der Waals surface area contributed by atoms with E-state index in [1.807, 2.05) is 35.7 Å². The van der Waals surface area contributed by atoms with Gasteiger partial charge in [-0.15, -0.1) is 11.3 Å². The summed E-state index contributed by atoms with van der Waals surface area (Å²) in [6.45, 7) is 0.465.